The lowest BCUT2D eigenvalue weighted by molar-refractivity contribution is 0.147. The summed E-state index contributed by atoms with van der Waals surface area (Å²) in [5, 5.41) is 3.19. The van der Waals surface area contributed by atoms with Gasteiger partial charge in [-0.1, -0.05) is 32.1 Å². The smallest absolute Gasteiger partial charge is 0.317 e. The Bertz CT molecular complexity index is 473. The van der Waals surface area contributed by atoms with E-state index in [2.05, 4.69) is 10.0 Å². The van der Waals surface area contributed by atoms with Gasteiger partial charge in [0, 0.05) is 25.2 Å². The van der Waals surface area contributed by atoms with Crippen LogP contribution in [0.4, 0.5) is 4.79 Å². The molecule has 1 saturated carbocycles. The normalized spacial score (nSPS) is 24.7. The van der Waals surface area contributed by atoms with Gasteiger partial charge in [-0.15, -0.1) is 0 Å². The van der Waals surface area contributed by atoms with Gasteiger partial charge in [0.25, 0.3) is 0 Å². The van der Waals surface area contributed by atoms with Crippen LogP contribution in [-0.4, -0.2) is 50.8 Å². The number of rotatable bonds is 4. The van der Waals surface area contributed by atoms with Crippen LogP contribution in [0.15, 0.2) is 0 Å². The number of nitrogens with one attached hydrogen (secondary N) is 2. The van der Waals surface area contributed by atoms with E-state index in [1.165, 1.54) is 32.1 Å². The first-order chi connectivity index (χ1) is 11.0. The van der Waals surface area contributed by atoms with Crippen LogP contribution in [0.5, 0.6) is 0 Å². The third kappa shape index (κ3) is 6.67. The minimum absolute atomic E-state index is 0.0180. The number of likely N-dealkylation sites (tertiary alicyclic amines) is 1. The van der Waals surface area contributed by atoms with Crippen molar-refractivity contribution in [3.05, 3.63) is 0 Å². The van der Waals surface area contributed by atoms with E-state index in [9.17, 15) is 13.2 Å². The molecule has 134 valence electrons. The Morgan fingerprint density at radius 3 is 2.26 bits per heavy atom. The van der Waals surface area contributed by atoms with Gasteiger partial charge in [0.05, 0.1) is 6.26 Å². The number of piperidine rings is 1. The maximum absolute atomic E-state index is 12.6. The molecule has 2 amide bonds. The van der Waals surface area contributed by atoms with Crippen LogP contribution in [0.1, 0.15) is 64.2 Å². The average Bonchev–Trinajstić information content (AvgIpc) is 2.47. The van der Waals surface area contributed by atoms with E-state index in [1.807, 2.05) is 4.90 Å². The summed E-state index contributed by atoms with van der Waals surface area (Å²) in [7, 11) is -3.22. The van der Waals surface area contributed by atoms with Crippen LogP contribution >= 0.6 is 0 Å². The van der Waals surface area contributed by atoms with Crippen molar-refractivity contribution in [2.24, 2.45) is 0 Å². The monoisotopic (exact) mass is 345 g/mol. The summed E-state index contributed by atoms with van der Waals surface area (Å²) < 4.78 is 25.2. The molecule has 6 nitrogen and oxygen atoms in total. The van der Waals surface area contributed by atoms with Crippen molar-refractivity contribution < 1.29 is 13.2 Å². The lowest BCUT2D eigenvalue weighted by atomic mass is 9.96. The summed E-state index contributed by atoms with van der Waals surface area (Å²) in [6.07, 6.45) is 12.4. The Morgan fingerprint density at radius 1 is 1.00 bits per heavy atom. The number of hydrogen-bond acceptors (Lipinski definition) is 3. The number of nitrogens with zero attached hydrogens (tertiary/aromatic N) is 1. The number of carbonyl (C=O) groups is 1. The number of amides is 2. The van der Waals surface area contributed by atoms with Crippen molar-refractivity contribution in [3.63, 3.8) is 0 Å². The summed E-state index contributed by atoms with van der Waals surface area (Å²) in [6.45, 7) is 1.03. The zero-order chi connectivity index (χ0) is 16.7. The van der Waals surface area contributed by atoms with E-state index in [1.54, 1.807) is 0 Å². The Balaban J connectivity index is 1.88. The molecule has 1 aliphatic heterocycles. The molecular weight excluding hydrogens is 314 g/mol. The summed E-state index contributed by atoms with van der Waals surface area (Å²) in [6, 6.07) is 0.218. The molecule has 0 aromatic heterocycles. The van der Waals surface area contributed by atoms with E-state index in [4.69, 9.17) is 0 Å². The summed E-state index contributed by atoms with van der Waals surface area (Å²) in [5.74, 6) is 0. The van der Waals surface area contributed by atoms with Gasteiger partial charge in [-0.05, 0) is 32.1 Å². The lowest BCUT2D eigenvalue weighted by Gasteiger charge is -2.37. The third-order valence-corrected chi connectivity index (χ3v) is 5.59. The minimum Gasteiger partial charge on any atom is -0.335 e. The lowest BCUT2D eigenvalue weighted by Crippen LogP contribution is -2.54. The number of sulfonamides is 1. The molecule has 2 aliphatic rings. The number of carbonyl (C=O) groups excluding carboxylic acids is 1. The molecule has 7 heteroatoms. The number of urea groups is 1. The molecular formula is C16H31N3O3S. The highest BCUT2D eigenvalue weighted by Gasteiger charge is 2.28. The fourth-order valence-corrected chi connectivity index (χ4v) is 4.08. The molecule has 1 saturated heterocycles. The quantitative estimate of drug-likeness (QED) is 0.820. The molecule has 0 aromatic carbocycles. The van der Waals surface area contributed by atoms with E-state index >= 15 is 0 Å². The maximum atomic E-state index is 12.6. The second-order valence-corrected chi connectivity index (χ2v) is 8.79. The molecule has 0 radical (unpaired) electrons. The molecule has 23 heavy (non-hydrogen) atoms. The molecule has 1 aliphatic carbocycles. The van der Waals surface area contributed by atoms with Crippen molar-refractivity contribution in [2.45, 2.75) is 76.3 Å². The highest BCUT2D eigenvalue weighted by atomic mass is 32.2. The number of hydrogen-bond donors (Lipinski definition) is 2. The zero-order valence-electron chi connectivity index (χ0n) is 14.2. The fraction of sp³-hybridized carbons (Fsp3) is 0.938. The van der Waals surface area contributed by atoms with E-state index < -0.39 is 10.0 Å². The predicted molar refractivity (Wildman–Crippen MR) is 91.8 cm³/mol. The minimum atomic E-state index is -3.22. The molecule has 1 unspecified atom stereocenters. The van der Waals surface area contributed by atoms with Crippen molar-refractivity contribution in [1.29, 1.82) is 0 Å². The molecule has 1 atom stereocenters. The van der Waals surface area contributed by atoms with Gasteiger partial charge in [0.2, 0.25) is 10.0 Å². The third-order valence-electron chi connectivity index (χ3n) is 4.90. The first-order valence-electron chi connectivity index (χ1n) is 8.97. The second kappa shape index (κ2) is 8.87. The highest BCUT2D eigenvalue weighted by Crippen LogP contribution is 2.20. The van der Waals surface area contributed by atoms with Gasteiger partial charge in [-0.3, -0.25) is 0 Å². The first kappa shape index (κ1) is 18.5. The van der Waals surface area contributed by atoms with Crippen molar-refractivity contribution in [1.82, 2.24) is 14.9 Å². The standard InChI is InChI=1S/C16H31N3O3S/c1-23(21,22)17-13-15-11-7-8-12-19(15)16(20)18-14-9-5-3-2-4-6-10-14/h14-15,17H,2-13H2,1H3,(H,18,20). The van der Waals surface area contributed by atoms with E-state index in [0.29, 0.717) is 13.1 Å². The summed E-state index contributed by atoms with van der Waals surface area (Å²) >= 11 is 0. The van der Waals surface area contributed by atoms with Crippen LogP contribution < -0.4 is 10.0 Å². The molecule has 0 spiro atoms. The summed E-state index contributed by atoms with van der Waals surface area (Å²) in [5.41, 5.74) is 0. The van der Waals surface area contributed by atoms with Gasteiger partial charge in [-0.2, -0.15) is 0 Å². The average molecular weight is 346 g/mol. The first-order valence-corrected chi connectivity index (χ1v) is 10.9. The summed E-state index contributed by atoms with van der Waals surface area (Å²) in [4.78, 5) is 14.5. The van der Waals surface area contributed by atoms with Crippen molar-refractivity contribution in [2.75, 3.05) is 19.3 Å². The Labute approximate surface area is 140 Å². The van der Waals surface area contributed by atoms with E-state index in [0.717, 1.165) is 38.4 Å². The van der Waals surface area contributed by atoms with Crippen LogP contribution in [0.3, 0.4) is 0 Å². The van der Waals surface area contributed by atoms with Gasteiger partial charge in [0.15, 0.2) is 0 Å². The van der Waals surface area contributed by atoms with Crippen LogP contribution in [0.2, 0.25) is 0 Å². The SMILES string of the molecule is CS(=O)(=O)NCC1CCCCN1C(=O)NC1CCCCCCC1. The largest absolute Gasteiger partial charge is 0.335 e. The van der Waals surface area contributed by atoms with Crippen molar-refractivity contribution >= 4 is 16.1 Å². The molecule has 1 heterocycles. The Kier molecular flexibility index (Phi) is 7.14. The van der Waals surface area contributed by atoms with Crippen LogP contribution in [0.25, 0.3) is 0 Å². The van der Waals surface area contributed by atoms with Crippen molar-refractivity contribution in [3.8, 4) is 0 Å². The van der Waals surface area contributed by atoms with Gasteiger partial charge < -0.3 is 10.2 Å². The van der Waals surface area contributed by atoms with Crippen LogP contribution in [0, 0.1) is 0 Å². The predicted octanol–water partition coefficient (Wildman–Crippen LogP) is 2.21. The molecule has 2 fully saturated rings. The fourth-order valence-electron chi connectivity index (χ4n) is 3.59. The van der Waals surface area contributed by atoms with Gasteiger partial charge in [0.1, 0.15) is 0 Å². The Hall–Kier alpha value is -0.820. The second-order valence-electron chi connectivity index (χ2n) is 6.96. The zero-order valence-corrected chi connectivity index (χ0v) is 15.0. The topological polar surface area (TPSA) is 78.5 Å². The highest BCUT2D eigenvalue weighted by molar-refractivity contribution is 7.88. The molecule has 2 rings (SSSR count). The maximum Gasteiger partial charge on any atom is 0.317 e. The van der Waals surface area contributed by atoms with Crippen LogP contribution in [-0.2, 0) is 10.0 Å². The molecule has 2 N–H and O–H groups in total. The Morgan fingerprint density at radius 2 is 1.61 bits per heavy atom. The van der Waals surface area contributed by atoms with E-state index in [-0.39, 0.29) is 18.1 Å². The van der Waals surface area contributed by atoms with Gasteiger partial charge >= 0.3 is 6.03 Å². The van der Waals surface area contributed by atoms with Gasteiger partial charge in [-0.25, -0.2) is 17.9 Å². The molecule has 0 bridgehead atoms. The molecule has 0 aromatic rings.